The SMILES string of the molecule is SCCNCCCCCCOC1CCCC1. The van der Waals surface area contributed by atoms with E-state index in [-0.39, 0.29) is 0 Å². The van der Waals surface area contributed by atoms with E-state index in [0.29, 0.717) is 6.10 Å². The molecule has 96 valence electrons. The zero-order valence-electron chi connectivity index (χ0n) is 10.4. The van der Waals surface area contributed by atoms with Crippen molar-refractivity contribution in [3.63, 3.8) is 0 Å². The van der Waals surface area contributed by atoms with Crippen LogP contribution in [0.15, 0.2) is 0 Å². The number of ether oxygens (including phenoxy) is 1. The molecule has 1 rings (SSSR count). The standard InChI is InChI=1S/C13H27NOS/c16-12-10-14-9-5-1-2-6-11-15-13-7-3-4-8-13/h13-14,16H,1-12H2. The number of thiol groups is 1. The minimum Gasteiger partial charge on any atom is -0.378 e. The van der Waals surface area contributed by atoms with E-state index in [1.807, 2.05) is 0 Å². The van der Waals surface area contributed by atoms with Crippen LogP contribution >= 0.6 is 12.6 Å². The van der Waals surface area contributed by atoms with E-state index in [2.05, 4.69) is 17.9 Å². The van der Waals surface area contributed by atoms with Crippen LogP contribution in [0.4, 0.5) is 0 Å². The second-order valence-corrected chi connectivity index (χ2v) is 5.11. The highest BCUT2D eigenvalue weighted by Crippen LogP contribution is 2.21. The zero-order chi connectivity index (χ0) is 11.5. The molecule has 1 aliphatic rings. The van der Waals surface area contributed by atoms with Crippen molar-refractivity contribution in [1.29, 1.82) is 0 Å². The normalized spacial score (nSPS) is 17.1. The Morgan fingerprint density at radius 3 is 2.50 bits per heavy atom. The van der Waals surface area contributed by atoms with Crippen molar-refractivity contribution in [1.82, 2.24) is 5.32 Å². The van der Waals surface area contributed by atoms with Gasteiger partial charge in [-0.2, -0.15) is 12.6 Å². The van der Waals surface area contributed by atoms with Crippen molar-refractivity contribution in [3.8, 4) is 0 Å². The fourth-order valence-corrected chi connectivity index (χ4v) is 2.37. The lowest BCUT2D eigenvalue weighted by molar-refractivity contribution is 0.0556. The maximum atomic E-state index is 5.82. The third-order valence-corrected chi connectivity index (χ3v) is 3.42. The molecule has 0 amide bonds. The molecule has 0 bridgehead atoms. The average molecular weight is 245 g/mol. The van der Waals surface area contributed by atoms with Crippen LogP contribution in [0.1, 0.15) is 51.4 Å². The Hall–Kier alpha value is 0.270. The summed E-state index contributed by atoms with van der Waals surface area (Å²) in [5.74, 6) is 0.940. The molecule has 0 radical (unpaired) electrons. The molecule has 16 heavy (non-hydrogen) atoms. The summed E-state index contributed by atoms with van der Waals surface area (Å²) in [5, 5.41) is 3.36. The van der Waals surface area contributed by atoms with E-state index in [4.69, 9.17) is 4.74 Å². The van der Waals surface area contributed by atoms with Gasteiger partial charge in [-0.15, -0.1) is 0 Å². The lowest BCUT2D eigenvalue weighted by Gasteiger charge is -2.10. The van der Waals surface area contributed by atoms with E-state index in [0.717, 1.165) is 25.4 Å². The maximum Gasteiger partial charge on any atom is 0.0575 e. The number of unbranched alkanes of at least 4 members (excludes halogenated alkanes) is 3. The van der Waals surface area contributed by atoms with Crippen LogP contribution in [-0.4, -0.2) is 31.6 Å². The molecule has 2 nitrogen and oxygen atoms in total. The molecule has 1 fully saturated rings. The van der Waals surface area contributed by atoms with Gasteiger partial charge in [-0.3, -0.25) is 0 Å². The smallest absolute Gasteiger partial charge is 0.0575 e. The van der Waals surface area contributed by atoms with Gasteiger partial charge in [-0.25, -0.2) is 0 Å². The molecule has 1 saturated carbocycles. The summed E-state index contributed by atoms with van der Waals surface area (Å²) in [4.78, 5) is 0. The van der Waals surface area contributed by atoms with Gasteiger partial charge >= 0.3 is 0 Å². The summed E-state index contributed by atoms with van der Waals surface area (Å²) in [5.41, 5.74) is 0. The molecule has 0 aliphatic heterocycles. The first-order chi connectivity index (χ1) is 7.93. The van der Waals surface area contributed by atoms with Crippen LogP contribution in [0.25, 0.3) is 0 Å². The summed E-state index contributed by atoms with van der Waals surface area (Å²) in [7, 11) is 0. The lowest BCUT2D eigenvalue weighted by Crippen LogP contribution is -2.17. The predicted molar refractivity (Wildman–Crippen MR) is 73.4 cm³/mol. The Bertz CT molecular complexity index is 149. The van der Waals surface area contributed by atoms with Crippen molar-refractivity contribution < 1.29 is 4.74 Å². The van der Waals surface area contributed by atoms with Crippen molar-refractivity contribution in [2.45, 2.75) is 57.5 Å². The second-order valence-electron chi connectivity index (χ2n) is 4.67. The number of hydrogen-bond donors (Lipinski definition) is 2. The summed E-state index contributed by atoms with van der Waals surface area (Å²) in [6.07, 6.45) is 11.1. The van der Waals surface area contributed by atoms with E-state index < -0.39 is 0 Å². The average Bonchev–Trinajstić information content (AvgIpc) is 2.80. The molecular weight excluding hydrogens is 218 g/mol. The predicted octanol–water partition coefficient (Wildman–Crippen LogP) is 3.03. The number of rotatable bonds is 10. The van der Waals surface area contributed by atoms with Crippen molar-refractivity contribution in [3.05, 3.63) is 0 Å². The van der Waals surface area contributed by atoms with Gasteiger partial charge in [0.2, 0.25) is 0 Å². The molecule has 0 saturated heterocycles. The summed E-state index contributed by atoms with van der Waals surface area (Å²) in [6.45, 7) is 3.16. The van der Waals surface area contributed by atoms with Gasteiger partial charge in [0.25, 0.3) is 0 Å². The second kappa shape index (κ2) is 10.4. The van der Waals surface area contributed by atoms with Crippen LogP contribution in [0.5, 0.6) is 0 Å². The van der Waals surface area contributed by atoms with Crippen LogP contribution in [0, 0.1) is 0 Å². The van der Waals surface area contributed by atoms with Crippen molar-refractivity contribution in [2.24, 2.45) is 0 Å². The Morgan fingerprint density at radius 1 is 1.00 bits per heavy atom. The van der Waals surface area contributed by atoms with Crippen molar-refractivity contribution in [2.75, 3.05) is 25.4 Å². The Labute approximate surface area is 106 Å². The van der Waals surface area contributed by atoms with Crippen LogP contribution < -0.4 is 5.32 Å². The Kier molecular flexibility index (Phi) is 9.34. The van der Waals surface area contributed by atoms with Crippen molar-refractivity contribution >= 4 is 12.6 Å². The molecule has 3 heteroatoms. The Morgan fingerprint density at radius 2 is 1.75 bits per heavy atom. The zero-order valence-corrected chi connectivity index (χ0v) is 11.3. The molecule has 0 heterocycles. The first-order valence-corrected chi connectivity index (χ1v) is 7.50. The summed E-state index contributed by atoms with van der Waals surface area (Å²) >= 11 is 4.16. The molecular formula is C13H27NOS. The minimum absolute atomic E-state index is 0.594. The topological polar surface area (TPSA) is 21.3 Å². The summed E-state index contributed by atoms with van der Waals surface area (Å²) < 4.78 is 5.82. The fraction of sp³-hybridized carbons (Fsp3) is 1.00. The maximum absolute atomic E-state index is 5.82. The van der Waals surface area contributed by atoms with Gasteiger partial charge < -0.3 is 10.1 Å². The minimum atomic E-state index is 0.594. The third-order valence-electron chi connectivity index (χ3n) is 3.19. The van der Waals surface area contributed by atoms with E-state index in [1.165, 1.54) is 51.4 Å². The largest absolute Gasteiger partial charge is 0.378 e. The quantitative estimate of drug-likeness (QED) is 0.456. The van der Waals surface area contributed by atoms with Gasteiger partial charge in [-0.05, 0) is 32.2 Å². The summed E-state index contributed by atoms with van der Waals surface area (Å²) in [6, 6.07) is 0. The molecule has 1 aliphatic carbocycles. The molecule has 0 aromatic carbocycles. The van der Waals surface area contributed by atoms with Gasteiger partial charge in [0, 0.05) is 18.9 Å². The van der Waals surface area contributed by atoms with E-state index in [9.17, 15) is 0 Å². The molecule has 0 atom stereocenters. The van der Waals surface area contributed by atoms with Gasteiger partial charge in [0.1, 0.15) is 0 Å². The van der Waals surface area contributed by atoms with Gasteiger partial charge in [0.15, 0.2) is 0 Å². The highest BCUT2D eigenvalue weighted by atomic mass is 32.1. The molecule has 0 unspecified atom stereocenters. The van der Waals surface area contributed by atoms with Gasteiger partial charge in [0.05, 0.1) is 6.10 Å². The molecule has 0 spiro atoms. The van der Waals surface area contributed by atoms with Gasteiger partial charge in [-0.1, -0.05) is 25.7 Å². The highest BCUT2D eigenvalue weighted by Gasteiger charge is 2.14. The molecule has 0 aromatic heterocycles. The first kappa shape index (κ1) is 14.3. The fourth-order valence-electron chi connectivity index (χ4n) is 2.21. The van der Waals surface area contributed by atoms with Crippen LogP contribution in [-0.2, 0) is 4.74 Å². The lowest BCUT2D eigenvalue weighted by atomic mass is 10.2. The Balaban J connectivity index is 1.71. The third kappa shape index (κ3) is 7.53. The monoisotopic (exact) mass is 245 g/mol. The molecule has 1 N–H and O–H groups in total. The number of hydrogen-bond acceptors (Lipinski definition) is 3. The van der Waals surface area contributed by atoms with E-state index in [1.54, 1.807) is 0 Å². The highest BCUT2D eigenvalue weighted by molar-refractivity contribution is 7.80. The van der Waals surface area contributed by atoms with Crippen LogP contribution in [0.3, 0.4) is 0 Å². The number of nitrogens with one attached hydrogen (secondary N) is 1. The van der Waals surface area contributed by atoms with E-state index >= 15 is 0 Å². The first-order valence-electron chi connectivity index (χ1n) is 6.86. The molecule has 0 aromatic rings. The van der Waals surface area contributed by atoms with Crippen LogP contribution in [0.2, 0.25) is 0 Å².